The molecule has 1 atom stereocenters. The Bertz CT molecular complexity index is 166. The second kappa shape index (κ2) is 5.19. The SMILES string of the molecule is CCCC(=O)N(C)C1CCCOO1. The molecule has 1 unspecified atom stereocenters. The number of carbonyl (C=O) groups is 1. The lowest BCUT2D eigenvalue weighted by molar-refractivity contribution is -0.366. The van der Waals surface area contributed by atoms with E-state index in [9.17, 15) is 4.79 Å². The van der Waals surface area contributed by atoms with Crippen LogP contribution in [0.3, 0.4) is 0 Å². The lowest BCUT2D eigenvalue weighted by atomic mass is 10.2. The maximum atomic E-state index is 11.4. The Labute approximate surface area is 78.7 Å². The zero-order valence-corrected chi connectivity index (χ0v) is 8.28. The van der Waals surface area contributed by atoms with Gasteiger partial charge in [0, 0.05) is 13.5 Å². The molecular formula is C9H17NO3. The molecule has 0 spiro atoms. The van der Waals surface area contributed by atoms with Gasteiger partial charge in [0.15, 0.2) is 6.23 Å². The fourth-order valence-electron chi connectivity index (χ4n) is 1.30. The molecule has 0 aromatic heterocycles. The highest BCUT2D eigenvalue weighted by Gasteiger charge is 2.23. The van der Waals surface area contributed by atoms with E-state index < -0.39 is 0 Å². The van der Waals surface area contributed by atoms with E-state index in [2.05, 4.69) is 0 Å². The smallest absolute Gasteiger partial charge is 0.224 e. The van der Waals surface area contributed by atoms with Gasteiger partial charge in [-0.15, -0.1) is 0 Å². The minimum atomic E-state index is -0.187. The second-order valence-corrected chi connectivity index (χ2v) is 3.27. The van der Waals surface area contributed by atoms with E-state index in [1.165, 1.54) is 0 Å². The summed E-state index contributed by atoms with van der Waals surface area (Å²) < 4.78 is 0. The number of carbonyl (C=O) groups excluding carboxylic acids is 1. The Morgan fingerprint density at radius 3 is 2.92 bits per heavy atom. The van der Waals surface area contributed by atoms with Crippen LogP contribution in [-0.4, -0.2) is 30.7 Å². The molecule has 0 bridgehead atoms. The van der Waals surface area contributed by atoms with Gasteiger partial charge >= 0.3 is 0 Å². The summed E-state index contributed by atoms with van der Waals surface area (Å²) in [5.41, 5.74) is 0. The van der Waals surface area contributed by atoms with Crippen molar-refractivity contribution in [3.05, 3.63) is 0 Å². The monoisotopic (exact) mass is 187 g/mol. The van der Waals surface area contributed by atoms with Gasteiger partial charge in [-0.3, -0.25) is 4.79 Å². The van der Waals surface area contributed by atoms with Crippen LogP contribution in [0.15, 0.2) is 0 Å². The normalized spacial score (nSPS) is 22.8. The Morgan fingerprint density at radius 1 is 1.62 bits per heavy atom. The van der Waals surface area contributed by atoms with Crippen LogP contribution in [0.5, 0.6) is 0 Å². The number of nitrogens with zero attached hydrogens (tertiary/aromatic N) is 1. The van der Waals surface area contributed by atoms with Crippen LogP contribution in [0, 0.1) is 0 Å². The Kier molecular flexibility index (Phi) is 4.18. The molecule has 4 heteroatoms. The minimum Gasteiger partial charge on any atom is -0.317 e. The second-order valence-electron chi connectivity index (χ2n) is 3.27. The summed E-state index contributed by atoms with van der Waals surface area (Å²) in [6.45, 7) is 2.62. The summed E-state index contributed by atoms with van der Waals surface area (Å²) in [5, 5.41) is 0. The van der Waals surface area contributed by atoms with Crippen LogP contribution >= 0.6 is 0 Å². The van der Waals surface area contributed by atoms with Crippen molar-refractivity contribution in [2.45, 2.75) is 38.8 Å². The lowest BCUT2D eigenvalue weighted by Crippen LogP contribution is -2.40. The first-order valence-corrected chi connectivity index (χ1v) is 4.79. The Hall–Kier alpha value is -0.610. The van der Waals surface area contributed by atoms with Crippen LogP contribution < -0.4 is 0 Å². The van der Waals surface area contributed by atoms with Crippen molar-refractivity contribution < 1.29 is 14.6 Å². The number of hydrogen-bond donors (Lipinski definition) is 0. The van der Waals surface area contributed by atoms with Crippen molar-refractivity contribution in [1.29, 1.82) is 0 Å². The molecule has 1 fully saturated rings. The quantitative estimate of drug-likeness (QED) is 0.625. The first-order chi connectivity index (χ1) is 6.25. The summed E-state index contributed by atoms with van der Waals surface area (Å²) in [6, 6.07) is 0. The first-order valence-electron chi connectivity index (χ1n) is 4.79. The van der Waals surface area contributed by atoms with Gasteiger partial charge < -0.3 is 4.90 Å². The van der Waals surface area contributed by atoms with Crippen LogP contribution in [0.25, 0.3) is 0 Å². The van der Waals surface area contributed by atoms with Crippen molar-refractivity contribution in [3.8, 4) is 0 Å². The highest BCUT2D eigenvalue weighted by atomic mass is 17.2. The van der Waals surface area contributed by atoms with Crippen molar-refractivity contribution in [3.63, 3.8) is 0 Å². The molecule has 13 heavy (non-hydrogen) atoms. The van der Waals surface area contributed by atoms with E-state index in [1.807, 2.05) is 6.92 Å². The van der Waals surface area contributed by atoms with Crippen molar-refractivity contribution >= 4 is 5.91 Å². The number of amides is 1. The predicted molar refractivity (Wildman–Crippen MR) is 47.7 cm³/mol. The molecule has 1 heterocycles. The molecule has 0 radical (unpaired) electrons. The summed E-state index contributed by atoms with van der Waals surface area (Å²) in [6.07, 6.45) is 3.08. The summed E-state index contributed by atoms with van der Waals surface area (Å²) in [7, 11) is 1.76. The van der Waals surface area contributed by atoms with Gasteiger partial charge in [0.2, 0.25) is 5.91 Å². The van der Waals surface area contributed by atoms with Crippen molar-refractivity contribution in [1.82, 2.24) is 4.90 Å². The van der Waals surface area contributed by atoms with E-state index in [4.69, 9.17) is 9.78 Å². The average molecular weight is 187 g/mol. The van der Waals surface area contributed by atoms with Crippen LogP contribution in [0.1, 0.15) is 32.6 Å². The molecular weight excluding hydrogens is 170 g/mol. The Morgan fingerprint density at radius 2 is 2.38 bits per heavy atom. The van der Waals surface area contributed by atoms with Crippen molar-refractivity contribution in [2.24, 2.45) is 0 Å². The summed E-state index contributed by atoms with van der Waals surface area (Å²) in [5.74, 6) is 0.123. The third-order valence-corrected chi connectivity index (χ3v) is 2.15. The van der Waals surface area contributed by atoms with Gasteiger partial charge in [0.05, 0.1) is 6.61 Å². The molecule has 1 saturated heterocycles. The van der Waals surface area contributed by atoms with Crippen LogP contribution in [0.2, 0.25) is 0 Å². The lowest BCUT2D eigenvalue weighted by Gasteiger charge is -2.29. The van der Waals surface area contributed by atoms with Gasteiger partial charge in [-0.2, -0.15) is 0 Å². The van der Waals surface area contributed by atoms with Gasteiger partial charge in [-0.1, -0.05) is 6.92 Å². The fraction of sp³-hybridized carbons (Fsp3) is 0.889. The average Bonchev–Trinajstić information content (AvgIpc) is 2.18. The minimum absolute atomic E-state index is 0.123. The summed E-state index contributed by atoms with van der Waals surface area (Å²) in [4.78, 5) is 22.9. The molecule has 1 aliphatic heterocycles. The van der Waals surface area contributed by atoms with Gasteiger partial charge in [-0.25, -0.2) is 9.78 Å². The molecule has 0 aromatic carbocycles. The van der Waals surface area contributed by atoms with E-state index >= 15 is 0 Å². The van der Waals surface area contributed by atoms with Gasteiger partial charge in [0.25, 0.3) is 0 Å². The van der Waals surface area contributed by atoms with Crippen LogP contribution in [0.4, 0.5) is 0 Å². The maximum absolute atomic E-state index is 11.4. The van der Waals surface area contributed by atoms with Crippen molar-refractivity contribution in [2.75, 3.05) is 13.7 Å². The van der Waals surface area contributed by atoms with E-state index in [1.54, 1.807) is 11.9 Å². The van der Waals surface area contributed by atoms with E-state index in [0.29, 0.717) is 13.0 Å². The molecule has 1 rings (SSSR count). The predicted octanol–water partition coefficient (Wildman–Crippen LogP) is 1.31. The van der Waals surface area contributed by atoms with E-state index in [0.717, 1.165) is 19.3 Å². The van der Waals surface area contributed by atoms with Crippen LogP contribution in [-0.2, 0) is 14.6 Å². The summed E-state index contributed by atoms with van der Waals surface area (Å²) >= 11 is 0. The highest BCUT2D eigenvalue weighted by molar-refractivity contribution is 5.75. The molecule has 76 valence electrons. The molecule has 0 aromatic rings. The largest absolute Gasteiger partial charge is 0.317 e. The fourth-order valence-corrected chi connectivity index (χ4v) is 1.30. The number of rotatable bonds is 3. The van der Waals surface area contributed by atoms with E-state index in [-0.39, 0.29) is 12.1 Å². The number of hydrogen-bond acceptors (Lipinski definition) is 3. The molecule has 4 nitrogen and oxygen atoms in total. The molecule has 1 aliphatic rings. The molecule has 1 amide bonds. The maximum Gasteiger partial charge on any atom is 0.224 e. The zero-order valence-electron chi connectivity index (χ0n) is 8.28. The third kappa shape index (κ3) is 2.97. The zero-order chi connectivity index (χ0) is 9.68. The van der Waals surface area contributed by atoms with Gasteiger partial charge in [-0.05, 0) is 19.3 Å². The third-order valence-electron chi connectivity index (χ3n) is 2.15. The topological polar surface area (TPSA) is 38.8 Å². The highest BCUT2D eigenvalue weighted by Crippen LogP contribution is 2.14. The van der Waals surface area contributed by atoms with Gasteiger partial charge in [0.1, 0.15) is 0 Å². The molecule has 0 aliphatic carbocycles. The Balaban J connectivity index is 2.35. The standard InChI is InChI=1S/C9H17NO3/c1-3-5-8(11)10(2)9-6-4-7-12-13-9/h9H,3-7H2,1-2H3. The molecule has 0 N–H and O–H groups in total. The molecule has 0 saturated carbocycles. The first kappa shape index (κ1) is 10.5.